The van der Waals surface area contributed by atoms with Crippen molar-refractivity contribution in [3.8, 4) is 11.5 Å². The summed E-state index contributed by atoms with van der Waals surface area (Å²) in [4.78, 5) is 12.5. The van der Waals surface area contributed by atoms with Crippen LogP contribution in [0.5, 0.6) is 11.5 Å². The molecule has 6 heteroatoms. The number of Topliss-reactive ketones (excluding diaryl/α,β-unsaturated/α-hetero) is 1. The van der Waals surface area contributed by atoms with Gasteiger partial charge in [0.05, 0.1) is 11.8 Å². The average molecular weight is 401 g/mol. The summed E-state index contributed by atoms with van der Waals surface area (Å²) in [6.45, 7) is 2.05. The number of carbonyl (C=O) groups excluding carboxylic acids is 1. The van der Waals surface area contributed by atoms with E-state index in [0.717, 1.165) is 5.56 Å². The number of fused-ring (bicyclic) bond motifs is 1. The quantitative estimate of drug-likeness (QED) is 0.497. The Bertz CT molecular complexity index is 1030. The fraction of sp³-hybridized carbons (Fsp3) is 0.0952. The van der Waals surface area contributed by atoms with Gasteiger partial charge in [-0.3, -0.25) is 4.79 Å². The van der Waals surface area contributed by atoms with E-state index in [4.69, 9.17) is 37.1 Å². The lowest BCUT2D eigenvalue weighted by Gasteiger charge is -2.13. The van der Waals surface area contributed by atoms with Crippen LogP contribution in [0, 0.1) is 6.92 Å². The molecule has 0 atom stereocenters. The minimum Gasteiger partial charge on any atom is -0.488 e. The van der Waals surface area contributed by atoms with Crippen molar-refractivity contribution in [3.05, 3.63) is 87.0 Å². The summed E-state index contributed by atoms with van der Waals surface area (Å²) in [5.41, 5.74) is 1.93. The fourth-order valence-corrected chi connectivity index (χ4v) is 3.35. The van der Waals surface area contributed by atoms with Crippen molar-refractivity contribution in [1.29, 1.82) is 0 Å². The maximum absolute atomic E-state index is 12.5. The van der Waals surface area contributed by atoms with Gasteiger partial charge in [0.15, 0.2) is 5.76 Å². The summed E-state index contributed by atoms with van der Waals surface area (Å²) < 4.78 is 16.9. The van der Waals surface area contributed by atoms with Crippen molar-refractivity contribution in [2.24, 2.45) is 0 Å². The third-order valence-corrected chi connectivity index (χ3v) is 5.00. The third-order valence-electron chi connectivity index (χ3n) is 4.29. The zero-order valence-electron chi connectivity index (χ0n) is 14.3. The van der Waals surface area contributed by atoms with Crippen LogP contribution in [0.2, 0.25) is 10.0 Å². The summed E-state index contributed by atoms with van der Waals surface area (Å²) in [6, 6.07) is 12.2. The number of furan rings is 1. The Morgan fingerprint density at radius 1 is 1.07 bits per heavy atom. The van der Waals surface area contributed by atoms with Gasteiger partial charge in [-0.15, -0.1) is 0 Å². The molecule has 2 aromatic carbocycles. The van der Waals surface area contributed by atoms with Crippen LogP contribution in [0.25, 0.3) is 6.08 Å². The monoisotopic (exact) mass is 400 g/mol. The van der Waals surface area contributed by atoms with Crippen molar-refractivity contribution in [3.63, 3.8) is 0 Å². The van der Waals surface area contributed by atoms with Gasteiger partial charge in [0.1, 0.15) is 23.9 Å². The number of halogens is 2. The highest BCUT2D eigenvalue weighted by molar-refractivity contribution is 6.35. The average Bonchev–Trinajstić information content (AvgIpc) is 3.26. The Labute approximate surface area is 165 Å². The molecule has 4 nitrogen and oxygen atoms in total. The molecule has 1 aliphatic rings. The first-order valence-electron chi connectivity index (χ1n) is 8.21. The molecule has 0 radical (unpaired) electrons. The molecular weight excluding hydrogens is 387 g/mol. The van der Waals surface area contributed by atoms with Crippen molar-refractivity contribution in [2.75, 3.05) is 0 Å². The van der Waals surface area contributed by atoms with Crippen molar-refractivity contribution >= 4 is 35.1 Å². The second-order valence-electron chi connectivity index (χ2n) is 6.01. The molecule has 0 saturated carbocycles. The molecule has 1 aromatic heterocycles. The maximum Gasteiger partial charge on any atom is 0.232 e. The molecule has 0 N–H and O–H groups in total. The van der Waals surface area contributed by atoms with E-state index in [-0.39, 0.29) is 18.1 Å². The van der Waals surface area contributed by atoms with E-state index in [9.17, 15) is 4.79 Å². The first kappa shape index (κ1) is 17.7. The molecule has 1 aliphatic heterocycles. The van der Waals surface area contributed by atoms with Crippen LogP contribution in [-0.4, -0.2) is 5.78 Å². The number of benzene rings is 2. The summed E-state index contributed by atoms with van der Waals surface area (Å²) in [5.74, 6) is 1.66. The van der Waals surface area contributed by atoms with E-state index < -0.39 is 0 Å². The molecule has 0 spiro atoms. The van der Waals surface area contributed by atoms with Gasteiger partial charge in [-0.2, -0.15) is 0 Å². The van der Waals surface area contributed by atoms with Crippen LogP contribution in [-0.2, 0) is 6.61 Å². The Morgan fingerprint density at radius 3 is 2.56 bits per heavy atom. The SMILES string of the molecule is Cc1c(OCc2c(Cl)cccc2Cl)ccc2c1O/C(=C\c1ccco1)C2=O. The standard InChI is InChI=1S/C21H14Cl2O4/c1-12-18(26-11-15-16(22)5-2-6-17(15)23)8-7-14-20(24)19(27-21(12)14)10-13-4-3-9-25-13/h2-10H,11H2,1H3/b19-10-. The second-order valence-corrected chi connectivity index (χ2v) is 6.82. The number of carbonyl (C=O) groups is 1. The number of hydrogen-bond acceptors (Lipinski definition) is 4. The van der Waals surface area contributed by atoms with E-state index in [2.05, 4.69) is 0 Å². The Balaban J connectivity index is 1.60. The van der Waals surface area contributed by atoms with Crippen LogP contribution in [0.3, 0.4) is 0 Å². The van der Waals surface area contributed by atoms with E-state index in [1.807, 2.05) is 6.92 Å². The number of hydrogen-bond donors (Lipinski definition) is 0. The lowest BCUT2D eigenvalue weighted by Crippen LogP contribution is -2.00. The smallest absolute Gasteiger partial charge is 0.232 e. The predicted molar refractivity (Wildman–Crippen MR) is 104 cm³/mol. The zero-order chi connectivity index (χ0) is 19.0. The Hall–Kier alpha value is -2.69. The summed E-state index contributed by atoms with van der Waals surface area (Å²) in [7, 11) is 0. The molecule has 0 amide bonds. The summed E-state index contributed by atoms with van der Waals surface area (Å²) in [5, 5.41) is 1.08. The molecule has 0 saturated heterocycles. The van der Waals surface area contributed by atoms with Crippen LogP contribution in [0.1, 0.15) is 27.2 Å². The minimum atomic E-state index is -0.190. The number of ketones is 1. The van der Waals surface area contributed by atoms with E-state index in [1.165, 1.54) is 6.26 Å². The van der Waals surface area contributed by atoms with E-state index >= 15 is 0 Å². The molecule has 3 aromatic rings. The predicted octanol–water partition coefficient (Wildman–Crippen LogP) is 6.09. The van der Waals surface area contributed by atoms with Gasteiger partial charge in [0, 0.05) is 27.2 Å². The minimum absolute atomic E-state index is 0.190. The largest absolute Gasteiger partial charge is 0.488 e. The molecule has 0 bridgehead atoms. The van der Waals surface area contributed by atoms with Crippen LogP contribution in [0.4, 0.5) is 0 Å². The molecule has 0 unspecified atom stereocenters. The zero-order valence-corrected chi connectivity index (χ0v) is 15.8. The number of rotatable bonds is 4. The molecular formula is C21H14Cl2O4. The van der Waals surface area contributed by atoms with E-state index in [0.29, 0.717) is 38.4 Å². The van der Waals surface area contributed by atoms with Gasteiger partial charge in [-0.1, -0.05) is 29.3 Å². The second kappa shape index (κ2) is 7.14. The third kappa shape index (κ3) is 3.34. The highest BCUT2D eigenvalue weighted by atomic mass is 35.5. The Morgan fingerprint density at radius 2 is 1.85 bits per heavy atom. The lowest BCUT2D eigenvalue weighted by atomic mass is 10.1. The first-order chi connectivity index (χ1) is 13.0. The van der Waals surface area contributed by atoms with Crippen molar-refractivity contribution < 1.29 is 18.7 Å². The molecule has 136 valence electrons. The van der Waals surface area contributed by atoms with E-state index in [1.54, 1.807) is 48.5 Å². The molecule has 0 fully saturated rings. The van der Waals surface area contributed by atoms with Gasteiger partial charge in [0.25, 0.3) is 0 Å². The fourth-order valence-electron chi connectivity index (χ4n) is 2.85. The van der Waals surface area contributed by atoms with Gasteiger partial charge >= 0.3 is 0 Å². The van der Waals surface area contributed by atoms with Crippen molar-refractivity contribution in [1.82, 2.24) is 0 Å². The lowest BCUT2D eigenvalue weighted by molar-refractivity contribution is 0.101. The molecule has 2 heterocycles. The highest BCUT2D eigenvalue weighted by Gasteiger charge is 2.30. The molecule has 4 rings (SSSR count). The van der Waals surface area contributed by atoms with Gasteiger partial charge in [-0.05, 0) is 43.3 Å². The number of allylic oxidation sites excluding steroid dienone is 1. The first-order valence-corrected chi connectivity index (χ1v) is 8.97. The van der Waals surface area contributed by atoms with Gasteiger partial charge in [-0.25, -0.2) is 0 Å². The van der Waals surface area contributed by atoms with Gasteiger partial charge < -0.3 is 13.9 Å². The number of ether oxygens (including phenoxy) is 2. The highest BCUT2D eigenvalue weighted by Crippen LogP contribution is 2.39. The summed E-state index contributed by atoms with van der Waals surface area (Å²) in [6.07, 6.45) is 3.11. The van der Waals surface area contributed by atoms with Gasteiger partial charge in [0.2, 0.25) is 5.78 Å². The van der Waals surface area contributed by atoms with Crippen LogP contribution >= 0.6 is 23.2 Å². The van der Waals surface area contributed by atoms with Crippen LogP contribution in [0.15, 0.2) is 58.9 Å². The topological polar surface area (TPSA) is 48.7 Å². The summed E-state index contributed by atoms with van der Waals surface area (Å²) >= 11 is 12.4. The molecule has 0 aliphatic carbocycles. The van der Waals surface area contributed by atoms with Crippen LogP contribution < -0.4 is 9.47 Å². The maximum atomic E-state index is 12.5. The normalized spacial score (nSPS) is 14.3. The molecule has 27 heavy (non-hydrogen) atoms. The van der Waals surface area contributed by atoms with Crippen molar-refractivity contribution in [2.45, 2.75) is 13.5 Å². The Kier molecular flexibility index (Phi) is 4.68.